The van der Waals surface area contributed by atoms with Crippen LogP contribution in [0.5, 0.6) is 0 Å². The first-order chi connectivity index (χ1) is 13.9. The fourth-order valence-electron chi connectivity index (χ4n) is 3.16. The Labute approximate surface area is 173 Å². The fourth-order valence-corrected chi connectivity index (χ4v) is 4.34. The standard InChI is InChI=1S/C18H21N7O2S2/c1-29(26,27)22-12-24-6-8-25(9-7-24)16(19)11-13-2-3-15-14(10-13)23-17-18(28-15)21-5-4-20-17/h2-5,10,12,19H,6-9,11H2,1H3,(H,20,23). The molecule has 0 aliphatic carbocycles. The molecule has 0 amide bonds. The molecule has 1 saturated heterocycles. The average Bonchev–Trinajstić information content (AvgIpc) is 2.70. The van der Waals surface area contributed by atoms with Gasteiger partial charge in [-0.15, -0.1) is 0 Å². The zero-order chi connectivity index (χ0) is 20.4. The van der Waals surface area contributed by atoms with Crippen LogP contribution in [0.4, 0.5) is 11.5 Å². The zero-order valence-electron chi connectivity index (χ0n) is 15.9. The molecule has 2 aliphatic heterocycles. The van der Waals surface area contributed by atoms with Gasteiger partial charge < -0.3 is 15.1 Å². The van der Waals surface area contributed by atoms with Crippen molar-refractivity contribution in [1.29, 1.82) is 5.41 Å². The molecule has 1 fully saturated rings. The second kappa shape index (κ2) is 7.99. The number of benzene rings is 1. The molecule has 9 nitrogen and oxygen atoms in total. The Kier molecular flexibility index (Phi) is 5.41. The number of hydrogen-bond acceptors (Lipinski definition) is 7. The van der Waals surface area contributed by atoms with Crippen LogP contribution in [0.2, 0.25) is 0 Å². The number of hydrogen-bond donors (Lipinski definition) is 2. The van der Waals surface area contributed by atoms with Crippen LogP contribution >= 0.6 is 11.8 Å². The third-order valence-electron chi connectivity index (χ3n) is 4.64. The number of sulfonamides is 1. The van der Waals surface area contributed by atoms with Crippen molar-refractivity contribution in [1.82, 2.24) is 19.8 Å². The Bertz CT molecular complexity index is 1060. The quantitative estimate of drug-likeness (QED) is 0.475. The summed E-state index contributed by atoms with van der Waals surface area (Å²) >= 11 is 1.58. The van der Waals surface area contributed by atoms with Crippen molar-refractivity contribution in [2.24, 2.45) is 4.40 Å². The van der Waals surface area contributed by atoms with E-state index in [-0.39, 0.29) is 0 Å². The minimum atomic E-state index is -3.36. The minimum absolute atomic E-state index is 0.532. The molecule has 2 aliphatic rings. The van der Waals surface area contributed by atoms with Crippen LogP contribution in [-0.4, -0.2) is 72.8 Å². The number of piperazine rings is 1. The molecule has 0 atom stereocenters. The summed E-state index contributed by atoms with van der Waals surface area (Å²) in [5.41, 5.74) is 2.03. The van der Waals surface area contributed by atoms with Gasteiger partial charge in [-0.1, -0.05) is 17.8 Å². The lowest BCUT2D eigenvalue weighted by Gasteiger charge is -2.35. The van der Waals surface area contributed by atoms with Crippen molar-refractivity contribution in [3.05, 3.63) is 36.2 Å². The van der Waals surface area contributed by atoms with Gasteiger partial charge in [-0.05, 0) is 17.7 Å². The molecule has 0 radical (unpaired) electrons. The van der Waals surface area contributed by atoms with Gasteiger partial charge in [-0.25, -0.2) is 18.4 Å². The summed E-state index contributed by atoms with van der Waals surface area (Å²) in [6, 6.07) is 6.15. The maximum absolute atomic E-state index is 11.1. The smallest absolute Gasteiger partial charge is 0.251 e. The van der Waals surface area contributed by atoms with E-state index in [1.54, 1.807) is 24.2 Å². The van der Waals surface area contributed by atoms with Crippen LogP contribution in [0.1, 0.15) is 5.56 Å². The Morgan fingerprint density at radius 2 is 2.03 bits per heavy atom. The molecule has 2 N–H and O–H groups in total. The maximum Gasteiger partial charge on any atom is 0.251 e. The van der Waals surface area contributed by atoms with Crippen molar-refractivity contribution in [2.45, 2.75) is 16.3 Å². The van der Waals surface area contributed by atoms with E-state index in [1.807, 2.05) is 21.9 Å². The van der Waals surface area contributed by atoms with Crippen molar-refractivity contribution >= 4 is 45.5 Å². The molecule has 152 valence electrons. The number of rotatable bonds is 4. The largest absolute Gasteiger partial charge is 0.358 e. The number of fused-ring (bicyclic) bond motifs is 2. The number of nitrogens with one attached hydrogen (secondary N) is 2. The lowest BCUT2D eigenvalue weighted by molar-refractivity contribution is 0.260. The third kappa shape index (κ3) is 4.85. The van der Waals surface area contributed by atoms with E-state index in [1.165, 1.54) is 6.34 Å². The molecular weight excluding hydrogens is 410 g/mol. The fraction of sp³-hybridized carbons (Fsp3) is 0.333. The highest BCUT2D eigenvalue weighted by Crippen LogP contribution is 2.42. The van der Waals surface area contributed by atoms with Gasteiger partial charge in [0.2, 0.25) is 0 Å². The minimum Gasteiger partial charge on any atom is -0.358 e. The summed E-state index contributed by atoms with van der Waals surface area (Å²) in [5, 5.41) is 12.7. The number of aromatic nitrogens is 2. The molecule has 2 aromatic rings. The zero-order valence-corrected chi connectivity index (χ0v) is 17.5. The van der Waals surface area contributed by atoms with Crippen molar-refractivity contribution < 1.29 is 8.42 Å². The topological polar surface area (TPSA) is 115 Å². The number of amidine groups is 1. The molecule has 3 heterocycles. The highest BCUT2D eigenvalue weighted by Gasteiger charge is 2.20. The summed E-state index contributed by atoms with van der Waals surface area (Å²) in [5.74, 6) is 1.30. The summed E-state index contributed by atoms with van der Waals surface area (Å²) in [6.45, 7) is 2.60. The molecular formula is C18H21N7O2S2. The Hall–Kier alpha value is -2.66. The maximum atomic E-state index is 11.1. The molecule has 1 aromatic heterocycles. The molecule has 0 saturated carbocycles. The van der Waals surface area contributed by atoms with Crippen molar-refractivity contribution in [3.8, 4) is 0 Å². The monoisotopic (exact) mass is 431 g/mol. The molecule has 4 rings (SSSR count). The number of nitrogens with zero attached hydrogens (tertiary/aromatic N) is 5. The molecule has 1 aromatic carbocycles. The number of anilines is 2. The molecule has 0 spiro atoms. The van der Waals surface area contributed by atoms with Crippen LogP contribution in [0.25, 0.3) is 0 Å². The first-order valence-corrected chi connectivity index (χ1v) is 11.7. The summed E-state index contributed by atoms with van der Waals surface area (Å²) in [7, 11) is -3.36. The Balaban J connectivity index is 1.36. The summed E-state index contributed by atoms with van der Waals surface area (Å²) < 4.78 is 25.8. The van der Waals surface area contributed by atoms with Crippen LogP contribution < -0.4 is 5.32 Å². The van der Waals surface area contributed by atoms with Gasteiger partial charge >= 0.3 is 0 Å². The molecule has 29 heavy (non-hydrogen) atoms. The van der Waals surface area contributed by atoms with E-state index in [4.69, 9.17) is 5.41 Å². The summed E-state index contributed by atoms with van der Waals surface area (Å²) in [6.07, 6.45) is 6.33. The van der Waals surface area contributed by atoms with Gasteiger partial charge in [-0.3, -0.25) is 5.41 Å². The van der Waals surface area contributed by atoms with Gasteiger partial charge in [0.05, 0.1) is 11.9 Å². The van der Waals surface area contributed by atoms with Crippen molar-refractivity contribution in [2.75, 3.05) is 37.8 Å². The molecule has 0 unspecified atom stereocenters. The molecule has 0 bridgehead atoms. The van der Waals surface area contributed by atoms with Crippen LogP contribution in [0, 0.1) is 5.41 Å². The van der Waals surface area contributed by atoms with Gasteiger partial charge in [0.15, 0.2) is 5.82 Å². The van der Waals surface area contributed by atoms with Crippen LogP contribution in [0.15, 0.2) is 44.9 Å². The van der Waals surface area contributed by atoms with Crippen LogP contribution in [0.3, 0.4) is 0 Å². The van der Waals surface area contributed by atoms with E-state index < -0.39 is 10.0 Å². The highest BCUT2D eigenvalue weighted by molar-refractivity contribution is 7.99. The van der Waals surface area contributed by atoms with E-state index in [2.05, 4.69) is 25.7 Å². The first-order valence-electron chi connectivity index (χ1n) is 9.08. The Morgan fingerprint density at radius 1 is 1.28 bits per heavy atom. The van der Waals surface area contributed by atoms with Crippen LogP contribution in [-0.2, 0) is 16.4 Å². The average molecular weight is 432 g/mol. The lowest BCUT2D eigenvalue weighted by atomic mass is 10.1. The van der Waals surface area contributed by atoms with E-state index >= 15 is 0 Å². The summed E-state index contributed by atoms with van der Waals surface area (Å²) in [4.78, 5) is 13.6. The van der Waals surface area contributed by atoms with Gasteiger partial charge in [0.1, 0.15) is 17.2 Å². The van der Waals surface area contributed by atoms with Gasteiger partial charge in [0.25, 0.3) is 10.0 Å². The predicted octanol–water partition coefficient (Wildman–Crippen LogP) is 1.81. The van der Waals surface area contributed by atoms with E-state index in [0.717, 1.165) is 33.2 Å². The highest BCUT2D eigenvalue weighted by atomic mass is 32.2. The first kappa shape index (κ1) is 19.6. The SMILES string of the molecule is CS(=O)(=O)N=CN1CCN(C(=N)Cc2ccc3c(c2)Nc2nccnc2S3)CC1. The van der Waals surface area contributed by atoms with Crippen molar-refractivity contribution in [3.63, 3.8) is 0 Å². The molecule has 11 heteroatoms. The predicted molar refractivity (Wildman–Crippen MR) is 114 cm³/mol. The second-order valence-electron chi connectivity index (χ2n) is 6.87. The Morgan fingerprint density at radius 3 is 2.79 bits per heavy atom. The van der Waals surface area contributed by atoms with Gasteiger partial charge in [0, 0.05) is 49.9 Å². The third-order valence-corrected chi connectivity index (χ3v) is 6.18. The van der Waals surface area contributed by atoms with E-state index in [9.17, 15) is 8.42 Å². The van der Waals surface area contributed by atoms with Gasteiger partial charge in [-0.2, -0.15) is 4.40 Å². The lowest BCUT2D eigenvalue weighted by Crippen LogP contribution is -2.48. The second-order valence-corrected chi connectivity index (χ2v) is 9.58. The van der Waals surface area contributed by atoms with E-state index in [0.29, 0.717) is 38.4 Å². The normalized spacial score (nSPS) is 16.3.